The summed E-state index contributed by atoms with van der Waals surface area (Å²) in [6.07, 6.45) is -4.49. The second kappa shape index (κ2) is 4.38. The van der Waals surface area contributed by atoms with Crippen LogP contribution >= 0.6 is 27.3 Å². The van der Waals surface area contributed by atoms with Crippen molar-refractivity contribution in [1.82, 2.24) is 4.98 Å². The molecular weight excluding hydrogens is 322 g/mol. The molecule has 90 valence electrons. The van der Waals surface area contributed by atoms with Gasteiger partial charge in [-0.15, -0.1) is 11.3 Å². The van der Waals surface area contributed by atoms with Crippen molar-refractivity contribution in [2.45, 2.75) is 6.18 Å². The van der Waals surface area contributed by atoms with Crippen LogP contribution in [0.4, 0.5) is 17.6 Å². The number of alkyl halides is 3. The Labute approximate surface area is 106 Å². The zero-order chi connectivity index (χ0) is 12.6. The van der Waals surface area contributed by atoms with Gasteiger partial charge in [0.25, 0.3) is 0 Å². The van der Waals surface area contributed by atoms with E-state index in [4.69, 9.17) is 0 Å². The van der Waals surface area contributed by atoms with E-state index < -0.39 is 17.7 Å². The first-order valence-corrected chi connectivity index (χ1v) is 5.98. The summed E-state index contributed by atoms with van der Waals surface area (Å²) in [7, 11) is 0. The second-order valence-electron chi connectivity index (χ2n) is 3.15. The molecule has 0 unspecified atom stereocenters. The lowest BCUT2D eigenvalue weighted by atomic mass is 10.2. The Morgan fingerprint density at radius 2 is 1.71 bits per heavy atom. The van der Waals surface area contributed by atoms with Gasteiger partial charge < -0.3 is 0 Å². The van der Waals surface area contributed by atoms with Gasteiger partial charge in [-0.1, -0.05) is 0 Å². The molecule has 0 saturated heterocycles. The van der Waals surface area contributed by atoms with Gasteiger partial charge in [0.15, 0.2) is 5.69 Å². The van der Waals surface area contributed by atoms with Crippen LogP contribution in [0.25, 0.3) is 10.6 Å². The summed E-state index contributed by atoms with van der Waals surface area (Å²) >= 11 is 3.69. The van der Waals surface area contributed by atoms with Gasteiger partial charge in [0.05, 0.1) is 0 Å². The van der Waals surface area contributed by atoms with Crippen LogP contribution in [0, 0.1) is 5.82 Å². The second-order valence-corrected chi connectivity index (χ2v) is 5.46. The molecule has 0 atom stereocenters. The van der Waals surface area contributed by atoms with E-state index in [0.717, 1.165) is 11.3 Å². The van der Waals surface area contributed by atoms with Crippen molar-refractivity contribution < 1.29 is 17.6 Å². The van der Waals surface area contributed by atoms with E-state index in [1.807, 2.05) is 0 Å². The highest BCUT2D eigenvalue weighted by Gasteiger charge is 2.37. The highest BCUT2D eigenvalue weighted by Crippen LogP contribution is 2.40. The lowest BCUT2D eigenvalue weighted by Gasteiger charge is -2.01. The van der Waals surface area contributed by atoms with Crippen molar-refractivity contribution >= 4 is 27.3 Å². The Bertz CT molecular complexity index is 532. The van der Waals surface area contributed by atoms with Crippen molar-refractivity contribution in [2.75, 3.05) is 0 Å². The SMILES string of the molecule is Fc1ccc(-c2nc(C(F)(F)F)c(Br)s2)cc1. The van der Waals surface area contributed by atoms with Gasteiger partial charge in [0, 0.05) is 5.56 Å². The number of benzene rings is 1. The minimum atomic E-state index is -4.49. The summed E-state index contributed by atoms with van der Waals surface area (Å²) in [6.45, 7) is 0. The van der Waals surface area contributed by atoms with E-state index in [-0.39, 0.29) is 8.79 Å². The van der Waals surface area contributed by atoms with Gasteiger partial charge in [0.2, 0.25) is 0 Å². The van der Waals surface area contributed by atoms with E-state index in [1.54, 1.807) is 0 Å². The molecule has 0 aliphatic rings. The van der Waals surface area contributed by atoms with E-state index >= 15 is 0 Å². The standard InChI is InChI=1S/C10H4BrF4NS/c11-8-7(10(13,14)15)16-9(17-8)5-1-3-6(12)4-2-5/h1-4H. The van der Waals surface area contributed by atoms with Crippen molar-refractivity contribution in [1.29, 1.82) is 0 Å². The topological polar surface area (TPSA) is 12.9 Å². The first-order valence-electron chi connectivity index (χ1n) is 4.37. The number of thiazole rings is 1. The maximum atomic E-state index is 12.7. The summed E-state index contributed by atoms with van der Waals surface area (Å²) in [4.78, 5) is 3.51. The predicted molar refractivity (Wildman–Crippen MR) is 60.2 cm³/mol. The summed E-state index contributed by atoms with van der Waals surface area (Å²) in [5, 5.41) is 0.198. The lowest BCUT2D eigenvalue weighted by molar-refractivity contribution is -0.141. The molecule has 0 N–H and O–H groups in total. The third-order valence-electron chi connectivity index (χ3n) is 1.95. The number of hydrogen-bond donors (Lipinski definition) is 0. The van der Waals surface area contributed by atoms with Gasteiger partial charge in [-0.05, 0) is 40.2 Å². The minimum Gasteiger partial charge on any atom is -0.230 e. The zero-order valence-electron chi connectivity index (χ0n) is 8.05. The molecule has 0 radical (unpaired) electrons. The van der Waals surface area contributed by atoms with Crippen LogP contribution in [0.15, 0.2) is 28.1 Å². The van der Waals surface area contributed by atoms with Crippen LogP contribution in [0.3, 0.4) is 0 Å². The molecule has 7 heteroatoms. The average molecular weight is 326 g/mol. The Morgan fingerprint density at radius 3 is 2.18 bits per heavy atom. The molecule has 0 aliphatic carbocycles. The van der Waals surface area contributed by atoms with Crippen LogP contribution in [0.2, 0.25) is 0 Å². The first-order chi connectivity index (χ1) is 7.88. The Balaban J connectivity index is 2.45. The molecule has 0 saturated carbocycles. The molecule has 0 amide bonds. The normalized spacial score (nSPS) is 11.8. The molecule has 1 nitrogen and oxygen atoms in total. The molecule has 1 aromatic heterocycles. The van der Waals surface area contributed by atoms with Gasteiger partial charge in [0.1, 0.15) is 14.6 Å². The predicted octanol–water partition coefficient (Wildman–Crippen LogP) is 4.73. The average Bonchev–Trinajstić information content (AvgIpc) is 2.61. The molecule has 0 spiro atoms. The third kappa shape index (κ3) is 2.66. The van der Waals surface area contributed by atoms with Gasteiger partial charge in [-0.25, -0.2) is 9.37 Å². The number of hydrogen-bond acceptors (Lipinski definition) is 2. The summed E-state index contributed by atoms with van der Waals surface area (Å²) in [5.41, 5.74) is -0.505. The molecule has 17 heavy (non-hydrogen) atoms. The maximum Gasteiger partial charge on any atom is 0.435 e. The van der Waals surface area contributed by atoms with Gasteiger partial charge in [-0.3, -0.25) is 0 Å². The highest BCUT2D eigenvalue weighted by molar-refractivity contribution is 9.11. The quantitative estimate of drug-likeness (QED) is 0.691. The number of rotatable bonds is 1. The van der Waals surface area contributed by atoms with Crippen LogP contribution in [0.5, 0.6) is 0 Å². The molecule has 0 bridgehead atoms. The molecular formula is C10H4BrF4NS. The van der Waals surface area contributed by atoms with Crippen LogP contribution < -0.4 is 0 Å². The highest BCUT2D eigenvalue weighted by atomic mass is 79.9. The number of nitrogens with zero attached hydrogens (tertiary/aromatic N) is 1. The van der Waals surface area contributed by atoms with E-state index in [2.05, 4.69) is 20.9 Å². The van der Waals surface area contributed by atoms with Gasteiger partial charge in [-0.2, -0.15) is 13.2 Å². The monoisotopic (exact) mass is 325 g/mol. The fourth-order valence-electron chi connectivity index (χ4n) is 1.19. The third-order valence-corrected chi connectivity index (χ3v) is 3.70. The van der Waals surface area contributed by atoms with Crippen LogP contribution in [-0.4, -0.2) is 4.98 Å². The largest absolute Gasteiger partial charge is 0.435 e. The smallest absolute Gasteiger partial charge is 0.230 e. The Kier molecular flexibility index (Phi) is 3.22. The van der Waals surface area contributed by atoms with Crippen molar-refractivity contribution in [2.24, 2.45) is 0 Å². The molecule has 1 aromatic carbocycles. The van der Waals surface area contributed by atoms with Gasteiger partial charge >= 0.3 is 6.18 Å². The van der Waals surface area contributed by atoms with Crippen LogP contribution in [-0.2, 0) is 6.18 Å². The minimum absolute atomic E-state index is 0.0793. The van der Waals surface area contributed by atoms with Crippen molar-refractivity contribution in [3.8, 4) is 10.6 Å². The van der Waals surface area contributed by atoms with E-state index in [9.17, 15) is 17.6 Å². The Hall–Kier alpha value is -0.950. The van der Waals surface area contributed by atoms with Crippen molar-refractivity contribution in [3.63, 3.8) is 0 Å². The summed E-state index contributed by atoms with van der Waals surface area (Å²) in [6, 6.07) is 5.14. The Morgan fingerprint density at radius 1 is 1.12 bits per heavy atom. The first kappa shape index (κ1) is 12.5. The molecule has 1 heterocycles. The molecule has 0 aliphatic heterocycles. The van der Waals surface area contributed by atoms with E-state index in [1.165, 1.54) is 24.3 Å². The fraction of sp³-hybridized carbons (Fsp3) is 0.100. The fourth-order valence-corrected chi connectivity index (χ4v) is 2.78. The maximum absolute atomic E-state index is 12.7. The molecule has 2 aromatic rings. The van der Waals surface area contributed by atoms with Crippen LogP contribution in [0.1, 0.15) is 5.69 Å². The molecule has 0 fully saturated rings. The summed E-state index contributed by atoms with van der Waals surface area (Å²) < 4.78 is 50.1. The summed E-state index contributed by atoms with van der Waals surface area (Å²) in [5.74, 6) is -0.444. The van der Waals surface area contributed by atoms with E-state index in [0.29, 0.717) is 5.56 Å². The molecule has 2 rings (SSSR count). The lowest BCUT2D eigenvalue weighted by Crippen LogP contribution is -2.05. The van der Waals surface area contributed by atoms with Crippen molar-refractivity contribution in [3.05, 3.63) is 39.6 Å². The number of aromatic nitrogens is 1. The zero-order valence-corrected chi connectivity index (χ0v) is 10.5. The number of halogens is 5.